The van der Waals surface area contributed by atoms with Gasteiger partial charge in [-0.25, -0.2) is 0 Å². The van der Waals surface area contributed by atoms with Gasteiger partial charge in [0.1, 0.15) is 0 Å². The second-order valence-electron chi connectivity index (χ2n) is 6.43. The summed E-state index contributed by atoms with van der Waals surface area (Å²) in [5.74, 6) is 4.90. The van der Waals surface area contributed by atoms with E-state index in [2.05, 4.69) is 133 Å². The molecule has 0 atom stereocenters. The van der Waals surface area contributed by atoms with Crippen LogP contribution in [0.5, 0.6) is 0 Å². The molecular formula is C26H22Cl2P2Pt. The van der Waals surface area contributed by atoms with E-state index >= 15 is 0 Å². The van der Waals surface area contributed by atoms with Gasteiger partial charge in [0.25, 0.3) is 0 Å². The van der Waals surface area contributed by atoms with Crippen LogP contribution in [0.25, 0.3) is 0 Å². The average molecular weight is 662 g/mol. The molecule has 0 saturated carbocycles. The molecule has 0 radical (unpaired) electrons. The average Bonchev–Trinajstić information content (AvgIpc) is 2.85. The Morgan fingerprint density at radius 3 is 0.806 bits per heavy atom. The van der Waals surface area contributed by atoms with Crippen LogP contribution in [0, 0.1) is 0 Å². The monoisotopic (exact) mass is 661 g/mol. The van der Waals surface area contributed by atoms with Crippen LogP contribution in [-0.2, 0) is 16.5 Å². The summed E-state index contributed by atoms with van der Waals surface area (Å²) >= 11 is -0.472. The third-order valence-electron chi connectivity index (χ3n) is 4.50. The molecule has 4 aromatic carbocycles. The van der Waals surface area contributed by atoms with Crippen molar-refractivity contribution in [2.24, 2.45) is 0 Å². The molecule has 0 heterocycles. The molecule has 0 unspecified atom stereocenters. The minimum atomic E-state index is -0.528. The quantitative estimate of drug-likeness (QED) is 0.194. The molecule has 4 rings (SSSR count). The predicted molar refractivity (Wildman–Crippen MR) is 139 cm³/mol. The molecule has 0 saturated heterocycles. The van der Waals surface area contributed by atoms with Gasteiger partial charge >= 0.3 is 35.3 Å². The van der Waals surface area contributed by atoms with Gasteiger partial charge in [-0.2, -0.15) is 0 Å². The normalized spacial score (nSPS) is 11.0. The van der Waals surface area contributed by atoms with E-state index in [1.165, 1.54) is 21.2 Å². The molecule has 0 aliphatic rings. The fraction of sp³-hybridized carbons (Fsp3) is 0. The Balaban J connectivity index is 0.000000858. The van der Waals surface area contributed by atoms with Crippen molar-refractivity contribution in [3.63, 3.8) is 0 Å². The first-order valence-corrected chi connectivity index (χ1v) is 18.1. The summed E-state index contributed by atoms with van der Waals surface area (Å²) < 4.78 is 0. The van der Waals surface area contributed by atoms with Crippen molar-refractivity contribution < 1.29 is 16.5 Å². The van der Waals surface area contributed by atoms with E-state index in [0.29, 0.717) is 0 Å². The molecule has 0 bridgehead atoms. The van der Waals surface area contributed by atoms with Gasteiger partial charge in [0.05, 0.1) is 0 Å². The van der Waals surface area contributed by atoms with Crippen molar-refractivity contribution in [3.8, 4) is 0 Å². The Morgan fingerprint density at radius 2 is 0.613 bits per heavy atom. The number of benzene rings is 4. The number of hydrogen-bond donors (Lipinski definition) is 0. The van der Waals surface area contributed by atoms with Crippen LogP contribution >= 0.6 is 34.7 Å². The van der Waals surface area contributed by atoms with Gasteiger partial charge < -0.3 is 0 Å². The summed E-state index contributed by atoms with van der Waals surface area (Å²) in [7, 11) is 8.69. The second kappa shape index (κ2) is 14.0. The third-order valence-corrected chi connectivity index (χ3v) is 9.05. The number of hydrogen-bond acceptors (Lipinski definition) is 0. The third kappa shape index (κ3) is 7.68. The van der Waals surface area contributed by atoms with Crippen LogP contribution in [-0.4, -0.2) is 0 Å². The van der Waals surface area contributed by atoms with Crippen molar-refractivity contribution >= 4 is 55.9 Å². The van der Waals surface area contributed by atoms with Crippen molar-refractivity contribution in [2.75, 3.05) is 0 Å². The molecule has 31 heavy (non-hydrogen) atoms. The molecule has 0 nitrogen and oxygen atoms in total. The van der Waals surface area contributed by atoms with E-state index in [1.54, 1.807) is 0 Å². The number of halogens is 2. The summed E-state index contributed by atoms with van der Waals surface area (Å²) in [6.07, 6.45) is 0. The van der Waals surface area contributed by atoms with E-state index in [1.807, 2.05) is 0 Å². The Morgan fingerprint density at radius 1 is 0.419 bits per heavy atom. The molecule has 0 aromatic heterocycles. The molecule has 0 aliphatic heterocycles. The van der Waals surface area contributed by atoms with Gasteiger partial charge in [-0.3, -0.25) is 0 Å². The Kier molecular flexibility index (Phi) is 11.0. The summed E-state index contributed by atoms with van der Waals surface area (Å²) in [4.78, 5) is 0. The maximum atomic E-state index is 4.88. The Bertz CT molecular complexity index is 866. The van der Waals surface area contributed by atoms with Crippen LogP contribution in [0.1, 0.15) is 0 Å². The van der Waals surface area contributed by atoms with Crippen molar-refractivity contribution in [2.45, 2.75) is 0 Å². The molecule has 0 N–H and O–H groups in total. The first-order valence-electron chi connectivity index (χ1n) is 9.63. The Labute approximate surface area is 204 Å². The zero-order valence-electron chi connectivity index (χ0n) is 16.7. The van der Waals surface area contributed by atoms with E-state index in [-0.39, 0.29) is 0 Å². The van der Waals surface area contributed by atoms with Gasteiger partial charge in [0.2, 0.25) is 0 Å². The Hall–Kier alpha value is -1.25. The summed E-state index contributed by atoms with van der Waals surface area (Å²) in [5.41, 5.74) is 0. The van der Waals surface area contributed by atoms with Crippen LogP contribution in [0.2, 0.25) is 0 Å². The second-order valence-corrected chi connectivity index (χ2v) is 13.9. The predicted octanol–water partition coefficient (Wildman–Crippen LogP) is 7.10. The summed E-state index contributed by atoms with van der Waals surface area (Å²) in [6, 6.07) is 43.4. The van der Waals surface area contributed by atoms with Crippen molar-refractivity contribution in [1.82, 2.24) is 0 Å². The molecule has 160 valence electrons. The SMILES string of the molecule is C(=C/P(c1ccccc1)c1ccccc1)/P(c1ccccc1)c1ccccc1.[Cl][Pt][Cl]. The van der Waals surface area contributed by atoms with Crippen molar-refractivity contribution in [1.29, 1.82) is 0 Å². The van der Waals surface area contributed by atoms with Gasteiger partial charge in [-0.1, -0.05) is 133 Å². The van der Waals surface area contributed by atoms with E-state index in [9.17, 15) is 0 Å². The fourth-order valence-electron chi connectivity index (χ4n) is 3.13. The van der Waals surface area contributed by atoms with Crippen LogP contribution < -0.4 is 21.2 Å². The minimum absolute atomic E-state index is 0.472. The molecule has 5 heteroatoms. The van der Waals surface area contributed by atoms with Crippen molar-refractivity contribution in [3.05, 3.63) is 133 Å². The maximum absolute atomic E-state index is 4.88. The molecular weight excluding hydrogens is 640 g/mol. The zero-order chi connectivity index (χ0) is 21.7. The van der Waals surface area contributed by atoms with Crippen LogP contribution in [0.3, 0.4) is 0 Å². The van der Waals surface area contributed by atoms with E-state index in [4.69, 9.17) is 18.8 Å². The molecule has 4 aromatic rings. The molecule has 0 spiro atoms. The van der Waals surface area contributed by atoms with E-state index in [0.717, 1.165) is 0 Å². The van der Waals surface area contributed by atoms with Crippen LogP contribution in [0.15, 0.2) is 133 Å². The molecule has 0 aliphatic carbocycles. The fourth-order valence-corrected chi connectivity index (χ4v) is 7.45. The molecule has 0 amide bonds. The van der Waals surface area contributed by atoms with Gasteiger partial charge in [-0.15, -0.1) is 0 Å². The zero-order valence-corrected chi connectivity index (χ0v) is 22.2. The summed E-state index contributed by atoms with van der Waals surface area (Å²) in [5, 5.41) is 5.54. The van der Waals surface area contributed by atoms with Gasteiger partial charge in [0, 0.05) is 0 Å². The first kappa shape index (κ1) is 24.4. The number of rotatable bonds is 6. The molecule has 0 fully saturated rings. The standard InChI is InChI=1S/C26H22P2.2ClH.Pt/c1-5-13-23(14-6-1)27(24-15-7-2-8-16-24)21-22-28(25-17-9-3-10-18-25)26-19-11-4-12-20-26;;;/h1-22H;2*1H;/q;;;+2/p-2/b22-21-;;;. The topological polar surface area (TPSA) is 0 Å². The van der Waals surface area contributed by atoms with Gasteiger partial charge in [-0.05, 0) is 37.1 Å². The van der Waals surface area contributed by atoms with Gasteiger partial charge in [0.15, 0.2) is 0 Å². The summed E-state index contributed by atoms with van der Waals surface area (Å²) in [6.45, 7) is 0. The van der Waals surface area contributed by atoms with E-state index < -0.39 is 32.3 Å². The van der Waals surface area contributed by atoms with Crippen LogP contribution in [0.4, 0.5) is 0 Å². The first-order chi connectivity index (χ1) is 15.3.